The highest BCUT2D eigenvalue weighted by Gasteiger charge is 2.17. The molecular weight excluding hydrogens is 384 g/mol. The maximum atomic E-state index is 12.4. The summed E-state index contributed by atoms with van der Waals surface area (Å²) in [4.78, 5) is 12.8. The van der Waals surface area contributed by atoms with Crippen LogP contribution >= 0.6 is 11.8 Å². The molecule has 2 aromatic carbocycles. The molecule has 0 unspecified atom stereocenters. The van der Waals surface area contributed by atoms with Crippen molar-refractivity contribution in [2.75, 3.05) is 18.1 Å². The molecule has 3 N–H and O–H groups in total. The number of carbonyl (C=O) groups excluding carboxylic acids is 1. The number of anilines is 1. The van der Waals surface area contributed by atoms with Crippen LogP contribution in [0.25, 0.3) is 0 Å². The van der Waals surface area contributed by atoms with Crippen molar-refractivity contribution in [2.45, 2.75) is 29.7 Å². The van der Waals surface area contributed by atoms with Gasteiger partial charge >= 0.3 is 0 Å². The van der Waals surface area contributed by atoms with Gasteiger partial charge in [-0.15, -0.1) is 11.8 Å². The van der Waals surface area contributed by atoms with E-state index in [1.165, 1.54) is 24.3 Å². The van der Waals surface area contributed by atoms with Gasteiger partial charge in [-0.1, -0.05) is 26.0 Å². The fourth-order valence-corrected chi connectivity index (χ4v) is 3.67. The lowest BCUT2D eigenvalue weighted by molar-refractivity contribution is -0.118. The molecule has 0 aromatic heterocycles. The summed E-state index contributed by atoms with van der Waals surface area (Å²) in [5.41, 5.74) is 1.17. The summed E-state index contributed by atoms with van der Waals surface area (Å²) in [7, 11) is -3.76. The number of thioether (sulfide) groups is 1. The van der Waals surface area contributed by atoms with Crippen molar-refractivity contribution in [3.8, 4) is 0 Å². The largest absolute Gasteiger partial charge is 0.387 e. The van der Waals surface area contributed by atoms with Gasteiger partial charge in [-0.05, 0) is 48.2 Å². The predicted octanol–water partition coefficient (Wildman–Crippen LogP) is 3.01. The molecule has 0 spiro atoms. The van der Waals surface area contributed by atoms with Crippen LogP contribution in [-0.2, 0) is 14.8 Å². The molecule has 1 amide bonds. The summed E-state index contributed by atoms with van der Waals surface area (Å²) in [5.74, 6) is -0.305. The van der Waals surface area contributed by atoms with Crippen molar-refractivity contribution in [1.82, 2.24) is 4.72 Å². The number of nitrogens with one attached hydrogen (secondary N) is 2. The zero-order chi connectivity index (χ0) is 20.0. The SMILES string of the molecule is CSc1ccc([C@H](O)CNS(=O)(=O)c2ccc(NC(=O)C(C)C)cc2)cc1. The Labute approximate surface area is 164 Å². The molecule has 0 aliphatic carbocycles. The number of amides is 1. The number of carbonyl (C=O) groups is 1. The van der Waals surface area contributed by atoms with Crippen LogP contribution in [0.15, 0.2) is 58.3 Å². The summed E-state index contributed by atoms with van der Waals surface area (Å²) in [6.07, 6.45) is 1.01. The van der Waals surface area contributed by atoms with Crippen LogP contribution in [0.2, 0.25) is 0 Å². The van der Waals surface area contributed by atoms with Crippen LogP contribution in [0.3, 0.4) is 0 Å². The first-order valence-corrected chi connectivity index (χ1v) is 11.2. The van der Waals surface area contributed by atoms with Gasteiger partial charge in [-0.3, -0.25) is 4.79 Å². The Hall–Kier alpha value is -1.87. The van der Waals surface area contributed by atoms with Crippen molar-refractivity contribution < 1.29 is 18.3 Å². The molecule has 2 rings (SSSR count). The quantitative estimate of drug-likeness (QED) is 0.584. The van der Waals surface area contributed by atoms with E-state index in [2.05, 4.69) is 10.0 Å². The highest BCUT2D eigenvalue weighted by atomic mass is 32.2. The van der Waals surface area contributed by atoms with E-state index < -0.39 is 16.1 Å². The number of hydrogen-bond donors (Lipinski definition) is 3. The average molecular weight is 409 g/mol. The normalized spacial score (nSPS) is 12.8. The van der Waals surface area contributed by atoms with Gasteiger partial charge in [-0.25, -0.2) is 13.1 Å². The molecule has 27 heavy (non-hydrogen) atoms. The molecule has 0 aliphatic rings. The van der Waals surface area contributed by atoms with Gasteiger partial charge in [0.15, 0.2) is 0 Å². The minimum Gasteiger partial charge on any atom is -0.387 e. The third-order valence-corrected chi connectivity index (χ3v) is 6.11. The molecule has 2 aromatic rings. The Morgan fingerprint density at radius 3 is 2.19 bits per heavy atom. The average Bonchev–Trinajstić information content (AvgIpc) is 2.66. The van der Waals surface area contributed by atoms with Gasteiger partial charge in [0.1, 0.15) is 0 Å². The van der Waals surface area contributed by atoms with E-state index in [4.69, 9.17) is 0 Å². The topological polar surface area (TPSA) is 95.5 Å². The number of aliphatic hydroxyl groups excluding tert-OH is 1. The Morgan fingerprint density at radius 2 is 1.67 bits per heavy atom. The Kier molecular flexibility index (Phi) is 7.43. The predicted molar refractivity (Wildman–Crippen MR) is 108 cm³/mol. The molecule has 1 atom stereocenters. The fourth-order valence-electron chi connectivity index (χ4n) is 2.22. The van der Waals surface area contributed by atoms with Gasteiger partial charge in [-0.2, -0.15) is 0 Å². The second kappa shape index (κ2) is 9.36. The maximum absolute atomic E-state index is 12.4. The first-order valence-electron chi connectivity index (χ1n) is 8.45. The summed E-state index contributed by atoms with van der Waals surface area (Å²) >= 11 is 1.59. The van der Waals surface area contributed by atoms with Crippen LogP contribution in [0.4, 0.5) is 5.69 Å². The molecule has 0 radical (unpaired) electrons. The van der Waals surface area contributed by atoms with Gasteiger partial charge in [0.25, 0.3) is 0 Å². The number of aliphatic hydroxyl groups is 1. The fraction of sp³-hybridized carbons (Fsp3) is 0.316. The van der Waals surface area contributed by atoms with Crippen LogP contribution in [0.5, 0.6) is 0 Å². The molecule has 0 heterocycles. The molecule has 0 saturated heterocycles. The molecule has 6 nitrogen and oxygen atoms in total. The molecule has 0 saturated carbocycles. The zero-order valence-corrected chi connectivity index (χ0v) is 17.1. The van der Waals surface area contributed by atoms with Crippen LogP contribution in [-0.4, -0.2) is 32.2 Å². The van der Waals surface area contributed by atoms with Gasteiger partial charge in [0.05, 0.1) is 11.0 Å². The Balaban J connectivity index is 1.99. The third kappa shape index (κ3) is 6.07. The standard InChI is InChI=1S/C19H24N2O4S2/c1-13(2)19(23)21-15-6-10-17(11-7-15)27(24,25)20-12-18(22)14-4-8-16(26-3)9-5-14/h4-11,13,18,20,22H,12H2,1-3H3,(H,21,23)/t18-/m1/s1. The number of benzene rings is 2. The van der Waals surface area contributed by atoms with E-state index in [9.17, 15) is 18.3 Å². The lowest BCUT2D eigenvalue weighted by atomic mass is 10.1. The molecule has 0 aliphatic heterocycles. The van der Waals surface area contributed by atoms with E-state index in [1.807, 2.05) is 18.4 Å². The monoisotopic (exact) mass is 408 g/mol. The third-order valence-electron chi connectivity index (χ3n) is 3.92. The van der Waals surface area contributed by atoms with E-state index in [0.717, 1.165) is 4.90 Å². The zero-order valence-electron chi connectivity index (χ0n) is 15.5. The number of hydrogen-bond acceptors (Lipinski definition) is 5. The first-order chi connectivity index (χ1) is 12.7. The van der Waals surface area contributed by atoms with E-state index in [1.54, 1.807) is 37.7 Å². The van der Waals surface area contributed by atoms with Crippen molar-refractivity contribution in [3.05, 3.63) is 54.1 Å². The maximum Gasteiger partial charge on any atom is 0.240 e. The Morgan fingerprint density at radius 1 is 1.07 bits per heavy atom. The van der Waals surface area contributed by atoms with Crippen LogP contribution < -0.4 is 10.0 Å². The van der Waals surface area contributed by atoms with E-state index >= 15 is 0 Å². The smallest absolute Gasteiger partial charge is 0.240 e. The molecular formula is C19H24N2O4S2. The second-order valence-corrected chi connectivity index (χ2v) is 8.96. The lowest BCUT2D eigenvalue weighted by Crippen LogP contribution is -2.28. The summed E-state index contributed by atoms with van der Waals surface area (Å²) < 4.78 is 27.2. The highest BCUT2D eigenvalue weighted by molar-refractivity contribution is 7.98. The van der Waals surface area contributed by atoms with Gasteiger partial charge in [0, 0.05) is 23.0 Å². The lowest BCUT2D eigenvalue weighted by Gasteiger charge is -2.13. The van der Waals surface area contributed by atoms with E-state index in [-0.39, 0.29) is 23.3 Å². The number of rotatable bonds is 8. The van der Waals surface area contributed by atoms with Crippen LogP contribution in [0, 0.1) is 5.92 Å². The van der Waals surface area contributed by atoms with Crippen molar-refractivity contribution in [3.63, 3.8) is 0 Å². The minimum absolute atomic E-state index is 0.0648. The molecule has 146 valence electrons. The number of sulfonamides is 1. The Bertz CT molecular complexity index is 864. The van der Waals surface area contributed by atoms with Gasteiger partial charge in [0.2, 0.25) is 15.9 Å². The first kappa shape index (κ1) is 21.4. The summed E-state index contributed by atoms with van der Waals surface area (Å²) in [5, 5.41) is 12.9. The van der Waals surface area contributed by atoms with E-state index in [0.29, 0.717) is 11.3 Å². The highest BCUT2D eigenvalue weighted by Crippen LogP contribution is 2.20. The molecule has 0 fully saturated rings. The summed E-state index contributed by atoms with van der Waals surface area (Å²) in [6, 6.07) is 13.2. The van der Waals surface area contributed by atoms with Crippen molar-refractivity contribution >= 4 is 33.4 Å². The van der Waals surface area contributed by atoms with Crippen LogP contribution in [0.1, 0.15) is 25.5 Å². The molecule has 8 heteroatoms. The summed E-state index contributed by atoms with van der Waals surface area (Å²) in [6.45, 7) is 3.42. The van der Waals surface area contributed by atoms with Crippen molar-refractivity contribution in [2.24, 2.45) is 5.92 Å². The minimum atomic E-state index is -3.76. The van der Waals surface area contributed by atoms with Crippen molar-refractivity contribution in [1.29, 1.82) is 0 Å². The second-order valence-electron chi connectivity index (χ2n) is 6.31. The van der Waals surface area contributed by atoms with Gasteiger partial charge < -0.3 is 10.4 Å². The molecule has 0 bridgehead atoms.